The number of hydrogen-bond donors (Lipinski definition) is 2. The summed E-state index contributed by atoms with van der Waals surface area (Å²) in [5.41, 5.74) is 1.79. The lowest BCUT2D eigenvalue weighted by Gasteiger charge is -2.31. The molecule has 35 heavy (non-hydrogen) atoms. The van der Waals surface area contributed by atoms with E-state index < -0.39 is 11.7 Å². The Morgan fingerprint density at radius 3 is 2.17 bits per heavy atom. The molecular weight excluding hydrogens is 450 g/mol. The molecule has 1 aliphatic heterocycles. The average molecular weight is 486 g/mol. The van der Waals surface area contributed by atoms with Gasteiger partial charge in [-0.25, -0.2) is 4.79 Å². The van der Waals surface area contributed by atoms with Gasteiger partial charge in [-0.05, 0) is 58.9 Å². The molecule has 1 fully saturated rings. The first-order valence-corrected chi connectivity index (χ1v) is 11.9. The quantitative estimate of drug-likeness (QED) is 0.548. The number of hydrogen-bond acceptors (Lipinski definition) is 7. The second kappa shape index (κ2) is 11.8. The molecule has 0 aliphatic carbocycles. The average Bonchev–Trinajstić information content (AvgIpc) is 2.80. The van der Waals surface area contributed by atoms with Crippen LogP contribution in [0.4, 0.5) is 21.9 Å². The summed E-state index contributed by atoms with van der Waals surface area (Å²) in [5, 5.41) is 5.59. The number of carbonyl (C=O) groups excluding carboxylic acids is 2. The van der Waals surface area contributed by atoms with Crippen LogP contribution in [0.15, 0.2) is 36.4 Å². The lowest BCUT2D eigenvalue weighted by atomic mass is 10.1. The standard InChI is InChI=1S/C26H35N3O6/c1-6-33-22-17-21(29-12-14-32-15-13-29)23(34-7-2)16-20(22)28-24(30)18-8-10-19(11-9-18)27-25(31)35-26(3,4)5/h8-11,16-17H,6-7,12-15H2,1-5H3,(H,27,31)(H,28,30). The van der Waals surface area contributed by atoms with Crippen LogP contribution in [-0.2, 0) is 9.47 Å². The van der Waals surface area contributed by atoms with Gasteiger partial charge in [-0.15, -0.1) is 0 Å². The van der Waals surface area contributed by atoms with Crippen molar-refractivity contribution in [1.29, 1.82) is 0 Å². The Morgan fingerprint density at radius 1 is 0.943 bits per heavy atom. The maximum absolute atomic E-state index is 13.0. The van der Waals surface area contributed by atoms with E-state index in [1.165, 1.54) is 0 Å². The summed E-state index contributed by atoms with van der Waals surface area (Å²) < 4.78 is 22.5. The minimum absolute atomic E-state index is 0.309. The van der Waals surface area contributed by atoms with Crippen molar-refractivity contribution < 1.29 is 28.5 Å². The Balaban J connectivity index is 1.78. The molecule has 9 nitrogen and oxygen atoms in total. The van der Waals surface area contributed by atoms with E-state index in [-0.39, 0.29) is 5.91 Å². The van der Waals surface area contributed by atoms with Gasteiger partial charge in [0.25, 0.3) is 5.91 Å². The molecule has 3 rings (SSSR count). The lowest BCUT2D eigenvalue weighted by molar-refractivity contribution is 0.0635. The van der Waals surface area contributed by atoms with Gasteiger partial charge < -0.3 is 29.2 Å². The maximum Gasteiger partial charge on any atom is 0.412 e. The molecule has 2 aromatic carbocycles. The van der Waals surface area contributed by atoms with Crippen LogP contribution < -0.4 is 25.0 Å². The highest BCUT2D eigenvalue weighted by atomic mass is 16.6. The van der Waals surface area contributed by atoms with Gasteiger partial charge in [-0.1, -0.05) is 0 Å². The van der Waals surface area contributed by atoms with Gasteiger partial charge >= 0.3 is 6.09 Å². The Bertz CT molecular complexity index is 1010. The molecule has 1 heterocycles. The maximum atomic E-state index is 13.0. The van der Waals surface area contributed by atoms with Crippen LogP contribution in [0.2, 0.25) is 0 Å². The van der Waals surface area contributed by atoms with Crippen LogP contribution in [-0.4, -0.2) is 57.1 Å². The molecule has 0 spiro atoms. The zero-order chi connectivity index (χ0) is 25.4. The van der Waals surface area contributed by atoms with E-state index in [1.807, 2.05) is 19.9 Å². The number of anilines is 3. The molecule has 0 aromatic heterocycles. The van der Waals surface area contributed by atoms with Crippen molar-refractivity contribution in [2.24, 2.45) is 0 Å². The number of morpholine rings is 1. The third kappa shape index (κ3) is 7.51. The summed E-state index contributed by atoms with van der Waals surface area (Å²) >= 11 is 0. The highest BCUT2D eigenvalue weighted by Gasteiger charge is 2.21. The van der Waals surface area contributed by atoms with Crippen LogP contribution in [0.1, 0.15) is 45.0 Å². The van der Waals surface area contributed by atoms with E-state index in [9.17, 15) is 9.59 Å². The second-order valence-electron chi connectivity index (χ2n) is 8.94. The fraction of sp³-hybridized carbons (Fsp3) is 0.462. The van der Waals surface area contributed by atoms with Gasteiger partial charge in [0.2, 0.25) is 0 Å². The molecule has 0 atom stereocenters. The normalized spacial score (nSPS) is 13.7. The Kier molecular flexibility index (Phi) is 8.81. The van der Waals surface area contributed by atoms with Gasteiger partial charge in [0.15, 0.2) is 0 Å². The van der Waals surface area contributed by atoms with Crippen molar-refractivity contribution in [3.63, 3.8) is 0 Å². The second-order valence-corrected chi connectivity index (χ2v) is 8.94. The monoisotopic (exact) mass is 485 g/mol. The van der Waals surface area contributed by atoms with Crippen molar-refractivity contribution >= 4 is 29.1 Å². The molecular formula is C26H35N3O6. The zero-order valence-electron chi connectivity index (χ0n) is 21.1. The zero-order valence-corrected chi connectivity index (χ0v) is 21.1. The fourth-order valence-corrected chi connectivity index (χ4v) is 3.57. The first-order chi connectivity index (χ1) is 16.7. The SMILES string of the molecule is CCOc1cc(N2CCOCC2)c(OCC)cc1NC(=O)c1ccc(NC(=O)OC(C)(C)C)cc1. The number of rotatable bonds is 8. The molecule has 1 aliphatic rings. The number of amides is 2. The molecule has 0 bridgehead atoms. The molecule has 2 amide bonds. The van der Waals surface area contributed by atoms with Crippen LogP contribution >= 0.6 is 0 Å². The van der Waals surface area contributed by atoms with E-state index >= 15 is 0 Å². The van der Waals surface area contributed by atoms with Crippen molar-refractivity contribution in [2.45, 2.75) is 40.2 Å². The third-order valence-electron chi connectivity index (χ3n) is 5.05. The summed E-state index contributed by atoms with van der Waals surface area (Å²) in [6.07, 6.45) is -0.556. The summed E-state index contributed by atoms with van der Waals surface area (Å²) in [5.74, 6) is 0.926. The number of carbonyl (C=O) groups is 2. The largest absolute Gasteiger partial charge is 0.492 e. The smallest absolute Gasteiger partial charge is 0.412 e. The lowest BCUT2D eigenvalue weighted by Crippen LogP contribution is -2.36. The number of ether oxygens (including phenoxy) is 4. The van der Waals surface area contributed by atoms with Crippen LogP contribution in [0.25, 0.3) is 0 Å². The Morgan fingerprint density at radius 2 is 1.57 bits per heavy atom. The van der Waals surface area contributed by atoms with Crippen molar-refractivity contribution in [1.82, 2.24) is 0 Å². The molecule has 9 heteroatoms. The summed E-state index contributed by atoms with van der Waals surface area (Å²) in [7, 11) is 0. The van der Waals surface area contributed by atoms with Crippen molar-refractivity contribution in [3.8, 4) is 11.5 Å². The molecule has 0 saturated carbocycles. The number of nitrogens with zero attached hydrogens (tertiary/aromatic N) is 1. The number of benzene rings is 2. The van der Waals surface area contributed by atoms with Crippen molar-refractivity contribution in [3.05, 3.63) is 42.0 Å². The van der Waals surface area contributed by atoms with Crippen molar-refractivity contribution in [2.75, 3.05) is 55.1 Å². The molecule has 0 unspecified atom stereocenters. The summed E-state index contributed by atoms with van der Waals surface area (Å²) in [6, 6.07) is 10.3. The molecule has 0 radical (unpaired) electrons. The minimum Gasteiger partial charge on any atom is -0.492 e. The van der Waals surface area contributed by atoms with E-state index in [2.05, 4.69) is 15.5 Å². The summed E-state index contributed by atoms with van der Waals surface area (Å²) in [6.45, 7) is 12.9. The molecule has 1 saturated heterocycles. The first kappa shape index (κ1) is 26.2. The van der Waals surface area contributed by atoms with Crippen LogP contribution in [0, 0.1) is 0 Å². The van der Waals surface area contributed by atoms with E-state index in [1.54, 1.807) is 51.1 Å². The molecule has 2 aromatic rings. The van der Waals surface area contributed by atoms with E-state index in [0.29, 0.717) is 54.9 Å². The van der Waals surface area contributed by atoms with Gasteiger partial charge in [-0.3, -0.25) is 10.1 Å². The highest BCUT2D eigenvalue weighted by molar-refractivity contribution is 6.05. The minimum atomic E-state index is -0.597. The van der Waals surface area contributed by atoms with Gasteiger partial charge in [0.05, 0.1) is 37.8 Å². The molecule has 190 valence electrons. The highest BCUT2D eigenvalue weighted by Crippen LogP contribution is 2.39. The topological polar surface area (TPSA) is 98.4 Å². The Labute approximate surface area is 206 Å². The summed E-state index contributed by atoms with van der Waals surface area (Å²) in [4.78, 5) is 27.2. The van der Waals surface area contributed by atoms with Gasteiger partial charge in [0, 0.05) is 36.5 Å². The fourth-order valence-electron chi connectivity index (χ4n) is 3.57. The number of nitrogens with one attached hydrogen (secondary N) is 2. The van der Waals surface area contributed by atoms with Crippen LogP contribution in [0.3, 0.4) is 0 Å². The van der Waals surface area contributed by atoms with Gasteiger partial charge in [-0.2, -0.15) is 0 Å². The van der Waals surface area contributed by atoms with E-state index in [0.717, 1.165) is 18.8 Å². The predicted octanol–water partition coefficient (Wildman–Crippen LogP) is 4.92. The third-order valence-corrected chi connectivity index (χ3v) is 5.05. The first-order valence-electron chi connectivity index (χ1n) is 11.9. The molecule has 2 N–H and O–H groups in total. The van der Waals surface area contributed by atoms with Crippen LogP contribution in [0.5, 0.6) is 11.5 Å². The Hall–Kier alpha value is -3.46. The predicted molar refractivity (Wildman–Crippen MR) is 136 cm³/mol. The van der Waals surface area contributed by atoms with Gasteiger partial charge in [0.1, 0.15) is 17.1 Å². The van der Waals surface area contributed by atoms with E-state index in [4.69, 9.17) is 18.9 Å².